The maximum Gasteiger partial charge on any atom is 3.00 e. The Morgan fingerprint density at radius 2 is 1.43 bits per heavy atom. The second-order valence-electron chi connectivity index (χ2n) is 1.73. The van der Waals surface area contributed by atoms with Gasteiger partial charge in [0, 0.05) is 0 Å². The molecule has 0 bridgehead atoms. The van der Waals surface area contributed by atoms with E-state index in [4.69, 9.17) is 0 Å². The second-order valence-corrected chi connectivity index (χ2v) is 1.73. The summed E-state index contributed by atoms with van der Waals surface area (Å²) in [7, 11) is 0. The average molecular weight is 140 g/mol. The second kappa shape index (κ2) is 4.63. The molecule has 1 saturated heterocycles. The molecule has 7 heavy (non-hydrogen) atoms. The van der Waals surface area contributed by atoms with Crippen molar-refractivity contribution in [1.29, 1.82) is 0 Å². The Labute approximate surface area is 55.3 Å². The fourth-order valence-electron chi connectivity index (χ4n) is 0.736. The normalized spacial score (nSPS) is 20.6. The smallest absolute Gasteiger partial charge is 0.662 e. The Hall–Kier alpha value is 0.479. The van der Waals surface area contributed by atoms with E-state index in [1.54, 1.807) is 0 Å². The van der Waals surface area contributed by atoms with Crippen LogP contribution in [0, 0.1) is 0 Å². The van der Waals surface area contributed by atoms with Crippen molar-refractivity contribution in [3.05, 3.63) is 5.32 Å². The first-order chi connectivity index (χ1) is 3.00. The fraction of sp³-hybridized carbons (Fsp3) is 1.00. The SMILES string of the molecule is C1CC[N-]CC1.[Fe+3]. The van der Waals surface area contributed by atoms with Crippen LogP contribution in [0.4, 0.5) is 0 Å². The van der Waals surface area contributed by atoms with E-state index in [0.29, 0.717) is 0 Å². The first-order valence-corrected chi connectivity index (χ1v) is 2.63. The van der Waals surface area contributed by atoms with E-state index in [2.05, 4.69) is 5.32 Å². The monoisotopic (exact) mass is 140 g/mol. The van der Waals surface area contributed by atoms with Gasteiger partial charge in [-0.15, -0.1) is 13.1 Å². The molecule has 2 heteroatoms. The van der Waals surface area contributed by atoms with E-state index >= 15 is 0 Å². The van der Waals surface area contributed by atoms with Gasteiger partial charge in [-0.3, -0.25) is 0 Å². The Bertz CT molecular complexity index is 23.6. The number of hydrogen-bond acceptors (Lipinski definition) is 0. The molecule has 1 nitrogen and oxygen atoms in total. The van der Waals surface area contributed by atoms with Gasteiger partial charge in [0.1, 0.15) is 0 Å². The van der Waals surface area contributed by atoms with Crippen molar-refractivity contribution < 1.29 is 17.1 Å². The number of piperidine rings is 1. The van der Waals surface area contributed by atoms with Crippen LogP contribution in [0.1, 0.15) is 19.3 Å². The Morgan fingerprint density at radius 3 is 1.57 bits per heavy atom. The third-order valence-corrected chi connectivity index (χ3v) is 1.13. The van der Waals surface area contributed by atoms with E-state index in [-0.39, 0.29) is 17.1 Å². The molecule has 0 atom stereocenters. The van der Waals surface area contributed by atoms with Gasteiger partial charge in [-0.05, 0) is 0 Å². The van der Waals surface area contributed by atoms with E-state index in [9.17, 15) is 0 Å². The molecular weight excluding hydrogens is 130 g/mol. The van der Waals surface area contributed by atoms with Gasteiger partial charge in [0.05, 0.1) is 0 Å². The molecule has 0 aliphatic carbocycles. The summed E-state index contributed by atoms with van der Waals surface area (Å²) >= 11 is 0. The molecule has 0 spiro atoms. The predicted molar refractivity (Wildman–Crippen MR) is 26.9 cm³/mol. The van der Waals surface area contributed by atoms with Crippen LogP contribution in [0.5, 0.6) is 0 Å². The maximum absolute atomic E-state index is 4.18. The van der Waals surface area contributed by atoms with Gasteiger partial charge in [0.25, 0.3) is 0 Å². The summed E-state index contributed by atoms with van der Waals surface area (Å²) in [6, 6.07) is 0. The van der Waals surface area contributed by atoms with Crippen molar-refractivity contribution in [2.45, 2.75) is 19.3 Å². The third-order valence-electron chi connectivity index (χ3n) is 1.13. The van der Waals surface area contributed by atoms with Crippen molar-refractivity contribution in [2.24, 2.45) is 0 Å². The number of hydrogen-bond donors (Lipinski definition) is 0. The first kappa shape index (κ1) is 7.48. The Balaban J connectivity index is 0.000000360. The summed E-state index contributed by atoms with van der Waals surface area (Å²) in [4.78, 5) is 0. The Morgan fingerprint density at radius 1 is 0.857 bits per heavy atom. The van der Waals surface area contributed by atoms with Crippen LogP contribution >= 0.6 is 0 Å². The molecule has 1 aliphatic rings. The largest absolute Gasteiger partial charge is 3.00 e. The number of rotatable bonds is 0. The van der Waals surface area contributed by atoms with Gasteiger partial charge in [-0.25, -0.2) is 0 Å². The first-order valence-electron chi connectivity index (χ1n) is 2.63. The predicted octanol–water partition coefficient (Wildman–Crippen LogP) is 1.54. The zero-order valence-electron chi connectivity index (χ0n) is 4.34. The molecule has 0 aromatic carbocycles. The average Bonchev–Trinajstić information content (AvgIpc) is 1.72. The van der Waals surface area contributed by atoms with Gasteiger partial charge in [0.2, 0.25) is 0 Å². The third kappa shape index (κ3) is 3.10. The summed E-state index contributed by atoms with van der Waals surface area (Å²) in [5.74, 6) is 0. The minimum atomic E-state index is 0. The molecule has 0 amide bonds. The van der Waals surface area contributed by atoms with Gasteiger partial charge in [-0.2, -0.15) is 0 Å². The topological polar surface area (TPSA) is 14.1 Å². The van der Waals surface area contributed by atoms with Crippen molar-refractivity contribution >= 4 is 0 Å². The molecule has 0 saturated carbocycles. The summed E-state index contributed by atoms with van der Waals surface area (Å²) in [5, 5.41) is 4.18. The van der Waals surface area contributed by atoms with Crippen LogP contribution in [-0.4, -0.2) is 13.1 Å². The molecular formula is C5H10FeN+2. The van der Waals surface area contributed by atoms with Gasteiger partial charge in [0.15, 0.2) is 0 Å². The van der Waals surface area contributed by atoms with Gasteiger partial charge >= 0.3 is 17.1 Å². The molecule has 0 N–H and O–H groups in total. The molecule has 0 aromatic rings. The molecule has 1 aliphatic heterocycles. The van der Waals surface area contributed by atoms with E-state index < -0.39 is 0 Å². The summed E-state index contributed by atoms with van der Waals surface area (Å²) < 4.78 is 0. The minimum absolute atomic E-state index is 0. The van der Waals surface area contributed by atoms with Crippen molar-refractivity contribution in [3.8, 4) is 0 Å². The quantitative estimate of drug-likeness (QED) is 0.453. The Kier molecular flexibility index (Phi) is 4.95. The van der Waals surface area contributed by atoms with Gasteiger partial charge < -0.3 is 5.32 Å². The summed E-state index contributed by atoms with van der Waals surface area (Å²) in [6.45, 7) is 2.25. The molecule has 0 aromatic heterocycles. The van der Waals surface area contributed by atoms with Crippen LogP contribution in [0.15, 0.2) is 0 Å². The van der Waals surface area contributed by atoms with Crippen LogP contribution < -0.4 is 0 Å². The minimum Gasteiger partial charge on any atom is -0.662 e. The van der Waals surface area contributed by atoms with E-state index in [0.717, 1.165) is 13.1 Å². The fourth-order valence-corrected chi connectivity index (χ4v) is 0.736. The molecule has 41 valence electrons. The zero-order chi connectivity index (χ0) is 4.24. The van der Waals surface area contributed by atoms with Gasteiger partial charge in [-0.1, -0.05) is 19.3 Å². The van der Waals surface area contributed by atoms with Crippen molar-refractivity contribution in [1.82, 2.24) is 0 Å². The van der Waals surface area contributed by atoms with E-state index in [1.807, 2.05) is 0 Å². The number of nitrogens with zero attached hydrogens (tertiary/aromatic N) is 1. The van der Waals surface area contributed by atoms with Crippen LogP contribution in [0.3, 0.4) is 0 Å². The molecule has 0 unspecified atom stereocenters. The molecule has 1 fully saturated rings. The maximum atomic E-state index is 4.18. The van der Waals surface area contributed by atoms with Crippen molar-refractivity contribution in [2.75, 3.05) is 13.1 Å². The zero-order valence-corrected chi connectivity index (χ0v) is 5.44. The summed E-state index contributed by atoms with van der Waals surface area (Å²) in [5.41, 5.74) is 0. The summed E-state index contributed by atoms with van der Waals surface area (Å²) in [6.07, 6.45) is 4.07. The molecule has 1 rings (SSSR count). The van der Waals surface area contributed by atoms with Crippen molar-refractivity contribution in [3.63, 3.8) is 0 Å². The molecule has 1 radical (unpaired) electrons. The van der Waals surface area contributed by atoms with Crippen LogP contribution in [-0.2, 0) is 17.1 Å². The van der Waals surface area contributed by atoms with Crippen LogP contribution in [0.2, 0.25) is 0 Å². The standard InChI is InChI=1S/C5H10N.Fe/c1-2-4-6-5-3-1;/h1-5H2;/q-1;+3. The van der Waals surface area contributed by atoms with E-state index in [1.165, 1.54) is 19.3 Å². The van der Waals surface area contributed by atoms with Crippen LogP contribution in [0.25, 0.3) is 5.32 Å². The molecule has 1 heterocycles.